The zero-order valence-electron chi connectivity index (χ0n) is 15.8. The van der Waals surface area contributed by atoms with E-state index in [-0.39, 0.29) is 42.6 Å². The van der Waals surface area contributed by atoms with Gasteiger partial charge in [-0.1, -0.05) is 0 Å². The Kier molecular flexibility index (Phi) is 7.10. The maximum absolute atomic E-state index is 12.7. The largest absolute Gasteiger partial charge is 0.473 e. The summed E-state index contributed by atoms with van der Waals surface area (Å²) in [4.78, 5) is 16.0. The predicted molar refractivity (Wildman–Crippen MR) is 99.3 cm³/mol. The number of carbonyl (C=O) groups is 1. The maximum atomic E-state index is 12.7. The van der Waals surface area contributed by atoms with E-state index >= 15 is 0 Å². The van der Waals surface area contributed by atoms with Crippen LogP contribution in [0.4, 0.5) is 4.39 Å². The van der Waals surface area contributed by atoms with Crippen LogP contribution in [-0.4, -0.2) is 60.7 Å². The van der Waals surface area contributed by atoms with E-state index in [1.54, 1.807) is 0 Å². The smallest absolute Gasteiger partial charge is 0.244 e. The molecule has 1 amide bonds. The number of aliphatic hydroxyl groups is 1. The molecule has 1 saturated heterocycles. The van der Waals surface area contributed by atoms with E-state index in [2.05, 4.69) is 10.3 Å². The first-order valence-corrected chi connectivity index (χ1v) is 10.1. The molecule has 1 aromatic heterocycles. The van der Waals surface area contributed by atoms with E-state index < -0.39 is 27.6 Å². The lowest BCUT2D eigenvalue weighted by molar-refractivity contribution is -0.130. The van der Waals surface area contributed by atoms with Crippen LogP contribution in [0.25, 0.3) is 0 Å². The molecule has 1 aromatic rings. The molecule has 0 radical (unpaired) electrons. The third-order valence-corrected chi connectivity index (χ3v) is 5.97. The lowest BCUT2D eigenvalue weighted by Crippen LogP contribution is -2.46. The van der Waals surface area contributed by atoms with Crippen LogP contribution in [0.2, 0.25) is 0 Å². The Hall–Kier alpha value is -2.08. The number of pyridine rings is 1. The molecule has 1 atom stereocenters. The summed E-state index contributed by atoms with van der Waals surface area (Å²) >= 11 is 0. The molecule has 4 N–H and O–H groups in total. The minimum atomic E-state index is -3.82. The van der Waals surface area contributed by atoms with E-state index in [0.717, 1.165) is 6.20 Å². The van der Waals surface area contributed by atoms with E-state index in [9.17, 15) is 22.7 Å². The van der Waals surface area contributed by atoms with Gasteiger partial charge in [-0.2, -0.15) is 4.31 Å². The number of aromatic nitrogens is 1. The van der Waals surface area contributed by atoms with Crippen LogP contribution in [0.1, 0.15) is 20.3 Å². The summed E-state index contributed by atoms with van der Waals surface area (Å²) in [5.41, 5.74) is 4.20. The highest BCUT2D eigenvalue weighted by atomic mass is 32.2. The molecule has 0 aromatic carbocycles. The number of nitrogens with two attached hydrogens (primary N) is 1. The Balaban J connectivity index is 2.02. The number of hydrogen-bond acceptors (Lipinski definition) is 7. The lowest BCUT2D eigenvalue weighted by Gasteiger charge is -2.22. The number of hydrogen-bond donors (Lipinski definition) is 3. The molecular weight excluding hydrogens is 391 g/mol. The van der Waals surface area contributed by atoms with Crippen molar-refractivity contribution in [3.63, 3.8) is 0 Å². The number of carbonyl (C=O) groups excluding carboxylic acids is 1. The number of sulfonamides is 1. The van der Waals surface area contributed by atoms with Gasteiger partial charge < -0.3 is 20.9 Å². The summed E-state index contributed by atoms with van der Waals surface area (Å²) in [5.74, 6) is -0.807. The van der Waals surface area contributed by atoms with Gasteiger partial charge in [0, 0.05) is 31.3 Å². The number of nitrogens with one attached hydrogen (secondary N) is 1. The van der Waals surface area contributed by atoms with Gasteiger partial charge in [-0.05, 0) is 26.3 Å². The Morgan fingerprint density at radius 2 is 2.25 bits per heavy atom. The maximum Gasteiger partial charge on any atom is 0.244 e. The van der Waals surface area contributed by atoms with E-state index in [0.29, 0.717) is 12.8 Å². The number of rotatable bonds is 8. The van der Waals surface area contributed by atoms with Crippen LogP contribution in [0.15, 0.2) is 35.1 Å². The van der Waals surface area contributed by atoms with Crippen molar-refractivity contribution in [2.24, 2.45) is 11.7 Å². The molecule has 1 aliphatic heterocycles. The summed E-state index contributed by atoms with van der Waals surface area (Å²) in [6.07, 6.45) is 1.86. The minimum Gasteiger partial charge on any atom is -0.473 e. The molecule has 156 valence electrons. The first-order chi connectivity index (χ1) is 13.1. The summed E-state index contributed by atoms with van der Waals surface area (Å²) in [7, 11) is -3.82. The average molecular weight is 416 g/mol. The average Bonchev–Trinajstić information content (AvgIpc) is 3.13. The van der Waals surface area contributed by atoms with Gasteiger partial charge in [0.15, 0.2) is 0 Å². The quantitative estimate of drug-likeness (QED) is 0.513. The molecule has 11 heteroatoms. The van der Waals surface area contributed by atoms with Crippen LogP contribution >= 0.6 is 0 Å². The highest BCUT2D eigenvalue weighted by Crippen LogP contribution is 2.25. The Bertz CT molecular complexity index is 821. The lowest BCUT2D eigenvalue weighted by atomic mass is 10.1. The Labute approximate surface area is 163 Å². The van der Waals surface area contributed by atoms with Gasteiger partial charge in [0.25, 0.3) is 0 Å². The minimum absolute atomic E-state index is 0.000130. The molecule has 0 saturated carbocycles. The molecule has 0 spiro atoms. The van der Waals surface area contributed by atoms with Gasteiger partial charge in [-0.25, -0.2) is 17.8 Å². The molecule has 2 rings (SSSR count). The van der Waals surface area contributed by atoms with Crippen molar-refractivity contribution in [3.8, 4) is 5.88 Å². The fourth-order valence-electron chi connectivity index (χ4n) is 2.62. The summed E-state index contributed by atoms with van der Waals surface area (Å²) in [6, 6.07) is 2.71. The first kappa shape index (κ1) is 22.2. The predicted octanol–water partition coefficient (Wildman–Crippen LogP) is 0.128. The van der Waals surface area contributed by atoms with Crippen molar-refractivity contribution in [3.05, 3.63) is 30.2 Å². The first-order valence-electron chi connectivity index (χ1n) is 8.68. The molecule has 0 aliphatic carbocycles. The molecule has 0 bridgehead atoms. The molecule has 9 nitrogen and oxygen atoms in total. The topological polar surface area (TPSA) is 135 Å². The Morgan fingerprint density at radius 1 is 1.54 bits per heavy atom. The zero-order valence-corrected chi connectivity index (χ0v) is 16.6. The van der Waals surface area contributed by atoms with Crippen LogP contribution in [0.5, 0.6) is 5.88 Å². The standard InChI is InChI=1S/C17H25FN4O5S/c1-17(2,24)21-16(23)13-5-6-22(10-13)28(25,26)14-3-4-15(20-9-14)27-11-12(7-18)8-19/h3-4,7,9,13,24H,5-6,8,10-11,19H2,1-2H3,(H,21,23)/b12-7+/t13-/m0/s1. The van der Waals surface area contributed by atoms with Crippen molar-refractivity contribution in [1.29, 1.82) is 0 Å². The second-order valence-electron chi connectivity index (χ2n) is 6.99. The third-order valence-electron chi connectivity index (χ3n) is 4.12. The fraction of sp³-hybridized carbons (Fsp3) is 0.529. The van der Waals surface area contributed by atoms with Crippen molar-refractivity contribution >= 4 is 15.9 Å². The normalized spacial score (nSPS) is 18.9. The second-order valence-corrected chi connectivity index (χ2v) is 8.93. The van der Waals surface area contributed by atoms with Gasteiger partial charge in [-0.3, -0.25) is 4.79 Å². The van der Waals surface area contributed by atoms with Crippen LogP contribution in [0.3, 0.4) is 0 Å². The number of nitrogens with zero attached hydrogens (tertiary/aromatic N) is 2. The summed E-state index contributed by atoms with van der Waals surface area (Å²) in [6.45, 7) is 2.98. The van der Waals surface area contributed by atoms with Crippen LogP contribution in [0, 0.1) is 5.92 Å². The number of ether oxygens (including phenoxy) is 1. The Morgan fingerprint density at radius 3 is 2.79 bits per heavy atom. The molecule has 0 unspecified atom stereocenters. The highest BCUT2D eigenvalue weighted by Gasteiger charge is 2.37. The summed E-state index contributed by atoms with van der Waals surface area (Å²) < 4.78 is 44.4. The zero-order chi connectivity index (χ0) is 20.9. The van der Waals surface area contributed by atoms with E-state index in [1.807, 2.05) is 0 Å². The SMILES string of the molecule is CC(C)(O)NC(=O)[C@H]1CCN(S(=O)(=O)c2ccc(OC/C(=C/F)CN)nc2)C1. The third kappa shape index (κ3) is 5.71. The van der Waals surface area contributed by atoms with E-state index in [1.165, 1.54) is 30.3 Å². The van der Waals surface area contributed by atoms with Gasteiger partial charge in [0.05, 0.1) is 18.4 Å². The highest BCUT2D eigenvalue weighted by molar-refractivity contribution is 7.89. The van der Waals surface area contributed by atoms with Crippen molar-refractivity contribution in [2.45, 2.75) is 30.9 Å². The van der Waals surface area contributed by atoms with E-state index in [4.69, 9.17) is 10.5 Å². The molecule has 2 heterocycles. The van der Waals surface area contributed by atoms with Gasteiger partial charge >= 0.3 is 0 Å². The monoisotopic (exact) mass is 416 g/mol. The van der Waals surface area contributed by atoms with Crippen molar-refractivity contribution in [1.82, 2.24) is 14.6 Å². The number of amides is 1. The second kappa shape index (κ2) is 8.95. The molecular formula is C17H25FN4O5S. The van der Waals surface area contributed by atoms with Crippen molar-refractivity contribution in [2.75, 3.05) is 26.2 Å². The van der Waals surface area contributed by atoms with Gasteiger partial charge in [-0.15, -0.1) is 0 Å². The molecule has 28 heavy (non-hydrogen) atoms. The van der Waals surface area contributed by atoms with Crippen molar-refractivity contribution < 1.29 is 27.4 Å². The number of halogens is 1. The summed E-state index contributed by atoms with van der Waals surface area (Å²) in [5, 5.41) is 12.1. The fourth-order valence-corrected chi connectivity index (χ4v) is 4.07. The van der Waals surface area contributed by atoms with Gasteiger partial charge in [0.1, 0.15) is 17.2 Å². The van der Waals surface area contributed by atoms with Gasteiger partial charge in [0.2, 0.25) is 21.8 Å². The molecule has 1 aliphatic rings. The molecule has 1 fully saturated rings. The van der Waals surface area contributed by atoms with Crippen LogP contribution < -0.4 is 15.8 Å². The van der Waals surface area contributed by atoms with Crippen LogP contribution in [-0.2, 0) is 14.8 Å².